The lowest BCUT2D eigenvalue weighted by atomic mass is 10.1. The van der Waals surface area contributed by atoms with Crippen molar-refractivity contribution in [2.45, 2.75) is 6.54 Å². The largest absolute Gasteiger partial charge is 0.457 e. The average molecular weight is 520 g/mol. The summed E-state index contributed by atoms with van der Waals surface area (Å²) in [5.41, 5.74) is 1.19. The van der Waals surface area contributed by atoms with Crippen LogP contribution in [0.25, 0.3) is 17.4 Å². The van der Waals surface area contributed by atoms with Gasteiger partial charge in [-0.05, 0) is 47.7 Å². The summed E-state index contributed by atoms with van der Waals surface area (Å²) in [4.78, 5) is 36.8. The van der Waals surface area contributed by atoms with Crippen molar-refractivity contribution in [2.75, 3.05) is 0 Å². The molecule has 31 heavy (non-hydrogen) atoms. The maximum absolute atomic E-state index is 12.7. The molecular formula is C21H12BrClN2O5S. The fourth-order valence-corrected chi connectivity index (χ4v) is 4.28. The van der Waals surface area contributed by atoms with Gasteiger partial charge in [0.1, 0.15) is 11.5 Å². The van der Waals surface area contributed by atoms with Crippen LogP contribution >= 0.6 is 39.3 Å². The molecule has 2 aromatic carbocycles. The second-order valence-corrected chi connectivity index (χ2v) is 8.83. The number of imide groups is 1. The summed E-state index contributed by atoms with van der Waals surface area (Å²) >= 11 is 10.3. The lowest BCUT2D eigenvalue weighted by Crippen LogP contribution is -2.27. The minimum atomic E-state index is -0.534. The van der Waals surface area contributed by atoms with Gasteiger partial charge in [-0.25, -0.2) is 0 Å². The van der Waals surface area contributed by atoms with Crippen molar-refractivity contribution in [3.8, 4) is 11.3 Å². The molecule has 0 atom stereocenters. The zero-order chi connectivity index (χ0) is 22.1. The van der Waals surface area contributed by atoms with Crippen LogP contribution in [0.15, 0.2) is 68.4 Å². The Bertz CT molecular complexity index is 1240. The summed E-state index contributed by atoms with van der Waals surface area (Å²) in [5.74, 6) is 0.350. The molecule has 0 saturated carbocycles. The van der Waals surface area contributed by atoms with E-state index in [1.54, 1.807) is 12.1 Å². The number of carbonyl (C=O) groups is 2. The lowest BCUT2D eigenvalue weighted by molar-refractivity contribution is -0.384. The second kappa shape index (κ2) is 8.70. The summed E-state index contributed by atoms with van der Waals surface area (Å²) in [6.45, 7) is 0.178. The number of nitro groups is 1. The van der Waals surface area contributed by atoms with Crippen molar-refractivity contribution < 1.29 is 18.9 Å². The Hall–Kier alpha value is -2.88. The minimum Gasteiger partial charge on any atom is -0.457 e. The summed E-state index contributed by atoms with van der Waals surface area (Å²) in [6.07, 6.45) is 1.50. The molecule has 1 saturated heterocycles. The Morgan fingerprint density at radius 3 is 2.55 bits per heavy atom. The summed E-state index contributed by atoms with van der Waals surface area (Å²) < 4.78 is 6.64. The molecule has 7 nitrogen and oxygen atoms in total. The highest BCUT2D eigenvalue weighted by molar-refractivity contribution is 9.10. The number of benzene rings is 2. The van der Waals surface area contributed by atoms with E-state index < -0.39 is 10.8 Å². The number of non-ortho nitro benzene ring substituents is 1. The fourth-order valence-electron chi connectivity index (χ4n) is 2.93. The standard InChI is InChI=1S/C21H12BrClN2O5S/c22-13-3-1-12(2-4-13)11-24-20(26)19(31-21(24)27)10-15-6-8-18(30-15)16-7-5-14(25(28)29)9-17(16)23/h1-10H,11H2/b19-10-. The highest BCUT2D eigenvalue weighted by atomic mass is 79.9. The Balaban J connectivity index is 1.54. The molecule has 156 valence electrons. The number of hydrogen-bond donors (Lipinski definition) is 0. The zero-order valence-corrected chi connectivity index (χ0v) is 18.7. The third-order valence-corrected chi connectivity index (χ3v) is 6.21. The summed E-state index contributed by atoms with van der Waals surface area (Å²) in [5, 5.41) is 10.7. The fraction of sp³-hybridized carbons (Fsp3) is 0.0476. The number of rotatable bonds is 5. The van der Waals surface area contributed by atoms with E-state index in [1.807, 2.05) is 24.3 Å². The Labute approximate surface area is 193 Å². The van der Waals surface area contributed by atoms with Gasteiger partial charge in [-0.15, -0.1) is 0 Å². The smallest absolute Gasteiger partial charge is 0.293 e. The molecule has 0 unspecified atom stereocenters. The van der Waals surface area contributed by atoms with Gasteiger partial charge in [0, 0.05) is 28.2 Å². The number of halogens is 2. The van der Waals surface area contributed by atoms with E-state index in [2.05, 4.69) is 15.9 Å². The van der Waals surface area contributed by atoms with Gasteiger partial charge in [0.2, 0.25) is 0 Å². The van der Waals surface area contributed by atoms with E-state index in [4.69, 9.17) is 16.0 Å². The van der Waals surface area contributed by atoms with Crippen molar-refractivity contribution in [1.82, 2.24) is 4.90 Å². The normalized spacial score (nSPS) is 15.2. The first-order chi connectivity index (χ1) is 14.8. The molecule has 2 amide bonds. The third kappa shape index (κ3) is 4.58. The first-order valence-corrected chi connectivity index (χ1v) is 10.8. The monoisotopic (exact) mass is 518 g/mol. The van der Waals surface area contributed by atoms with Gasteiger partial charge in [-0.2, -0.15) is 0 Å². The van der Waals surface area contributed by atoms with Gasteiger partial charge in [-0.1, -0.05) is 39.7 Å². The van der Waals surface area contributed by atoms with E-state index in [9.17, 15) is 19.7 Å². The van der Waals surface area contributed by atoms with Gasteiger partial charge >= 0.3 is 0 Å². The molecule has 1 aliphatic heterocycles. The first kappa shape index (κ1) is 21.4. The number of hydrogen-bond acceptors (Lipinski definition) is 6. The van der Waals surface area contributed by atoms with Crippen molar-refractivity contribution in [3.05, 3.63) is 90.4 Å². The third-order valence-electron chi connectivity index (χ3n) is 4.46. The van der Waals surface area contributed by atoms with Gasteiger partial charge in [0.15, 0.2) is 0 Å². The number of carbonyl (C=O) groups excluding carboxylic acids is 2. The van der Waals surface area contributed by atoms with E-state index in [0.717, 1.165) is 21.8 Å². The number of amides is 2. The maximum Gasteiger partial charge on any atom is 0.293 e. The topological polar surface area (TPSA) is 93.7 Å². The van der Waals surface area contributed by atoms with Crippen LogP contribution in [0.3, 0.4) is 0 Å². The molecule has 0 spiro atoms. The molecule has 4 rings (SSSR count). The van der Waals surface area contributed by atoms with E-state index in [1.165, 1.54) is 29.2 Å². The maximum atomic E-state index is 12.7. The highest BCUT2D eigenvalue weighted by Gasteiger charge is 2.35. The average Bonchev–Trinajstić information content (AvgIpc) is 3.29. The molecule has 0 radical (unpaired) electrons. The van der Waals surface area contributed by atoms with E-state index in [0.29, 0.717) is 17.1 Å². The van der Waals surface area contributed by atoms with Gasteiger partial charge in [-0.3, -0.25) is 24.6 Å². The van der Waals surface area contributed by atoms with Crippen LogP contribution in [0.1, 0.15) is 11.3 Å². The molecule has 2 heterocycles. The Morgan fingerprint density at radius 1 is 1.13 bits per heavy atom. The van der Waals surface area contributed by atoms with Crippen LogP contribution in [0.5, 0.6) is 0 Å². The number of nitro benzene ring substituents is 1. The Kier molecular flexibility index (Phi) is 5.99. The van der Waals surface area contributed by atoms with Crippen molar-refractivity contribution in [3.63, 3.8) is 0 Å². The van der Waals surface area contributed by atoms with Gasteiger partial charge in [0.25, 0.3) is 16.8 Å². The van der Waals surface area contributed by atoms with Crippen LogP contribution in [0.4, 0.5) is 10.5 Å². The zero-order valence-electron chi connectivity index (χ0n) is 15.6. The second-order valence-electron chi connectivity index (χ2n) is 6.52. The van der Waals surface area contributed by atoms with Crippen LogP contribution in [-0.4, -0.2) is 21.0 Å². The minimum absolute atomic E-state index is 0.125. The number of nitrogens with zero attached hydrogens (tertiary/aromatic N) is 2. The quantitative estimate of drug-likeness (QED) is 0.217. The molecule has 0 aliphatic carbocycles. The molecule has 0 N–H and O–H groups in total. The predicted octanol–water partition coefficient (Wildman–Crippen LogP) is 6.51. The van der Waals surface area contributed by atoms with Gasteiger partial charge < -0.3 is 4.42 Å². The van der Waals surface area contributed by atoms with Crippen LogP contribution < -0.4 is 0 Å². The highest BCUT2D eigenvalue weighted by Crippen LogP contribution is 2.36. The Morgan fingerprint density at radius 2 is 1.87 bits per heavy atom. The van der Waals surface area contributed by atoms with Crippen LogP contribution in [0, 0.1) is 10.1 Å². The molecule has 1 aliphatic rings. The molecule has 0 bridgehead atoms. The van der Waals surface area contributed by atoms with Gasteiger partial charge in [0.05, 0.1) is 21.4 Å². The van der Waals surface area contributed by atoms with Crippen molar-refractivity contribution in [1.29, 1.82) is 0 Å². The summed E-state index contributed by atoms with van der Waals surface area (Å²) in [6, 6.07) is 14.7. The van der Waals surface area contributed by atoms with E-state index in [-0.39, 0.29) is 27.4 Å². The van der Waals surface area contributed by atoms with Crippen molar-refractivity contribution in [2.24, 2.45) is 0 Å². The summed E-state index contributed by atoms with van der Waals surface area (Å²) in [7, 11) is 0. The molecule has 3 aromatic rings. The number of furan rings is 1. The SMILES string of the molecule is O=C1S/C(=C\c2ccc(-c3ccc([N+](=O)[O-])cc3Cl)o2)C(=O)N1Cc1ccc(Br)cc1. The molecule has 1 fully saturated rings. The molecule has 1 aromatic heterocycles. The lowest BCUT2D eigenvalue weighted by Gasteiger charge is -2.12. The molecule has 10 heteroatoms. The van der Waals surface area contributed by atoms with Crippen LogP contribution in [-0.2, 0) is 11.3 Å². The predicted molar refractivity (Wildman–Crippen MR) is 121 cm³/mol. The number of thioether (sulfide) groups is 1. The van der Waals surface area contributed by atoms with E-state index >= 15 is 0 Å². The first-order valence-electron chi connectivity index (χ1n) is 8.86. The van der Waals surface area contributed by atoms with Crippen LogP contribution in [0.2, 0.25) is 5.02 Å². The van der Waals surface area contributed by atoms with Crippen molar-refractivity contribution >= 4 is 62.2 Å². The molecular weight excluding hydrogens is 508 g/mol.